The van der Waals surface area contributed by atoms with E-state index in [9.17, 15) is 0 Å². The maximum atomic E-state index is 5.56. The van der Waals surface area contributed by atoms with E-state index in [4.69, 9.17) is 17.0 Å². The van der Waals surface area contributed by atoms with Gasteiger partial charge in [0.25, 0.3) is 5.17 Å². The van der Waals surface area contributed by atoms with Gasteiger partial charge in [-0.25, -0.2) is 0 Å². The van der Waals surface area contributed by atoms with Crippen molar-refractivity contribution in [2.75, 3.05) is 14.1 Å². The fourth-order valence-corrected chi connectivity index (χ4v) is 1.17. The van der Waals surface area contributed by atoms with E-state index in [0.29, 0.717) is 5.17 Å². The van der Waals surface area contributed by atoms with Crippen LogP contribution in [0.2, 0.25) is 0 Å². The zero-order valence-electron chi connectivity index (χ0n) is 8.78. The van der Waals surface area contributed by atoms with Gasteiger partial charge in [-0.05, 0) is 30.3 Å². The van der Waals surface area contributed by atoms with Crippen LogP contribution in [0.25, 0.3) is 0 Å². The second kappa shape index (κ2) is 4.96. The van der Waals surface area contributed by atoms with Gasteiger partial charge >= 0.3 is 0 Å². The topological polar surface area (TPSA) is 12.5 Å². The first-order valence-electron chi connectivity index (χ1n) is 4.62. The predicted octanol–water partition coefficient (Wildman–Crippen LogP) is 2.47. The third kappa shape index (κ3) is 2.70. The molecule has 0 unspecified atom stereocenters. The molecule has 0 spiro atoms. The van der Waals surface area contributed by atoms with Crippen molar-refractivity contribution in [3.8, 4) is 5.75 Å². The summed E-state index contributed by atoms with van der Waals surface area (Å²) in [4.78, 5) is 1.78. The van der Waals surface area contributed by atoms with Crippen LogP contribution in [-0.2, 0) is 6.42 Å². The lowest BCUT2D eigenvalue weighted by molar-refractivity contribution is 0.446. The lowest BCUT2D eigenvalue weighted by atomic mass is 10.1. The Balaban J connectivity index is 2.80. The highest BCUT2D eigenvalue weighted by Crippen LogP contribution is 2.18. The van der Waals surface area contributed by atoms with Crippen LogP contribution >= 0.6 is 12.2 Å². The van der Waals surface area contributed by atoms with Crippen LogP contribution in [0.4, 0.5) is 0 Å². The minimum atomic E-state index is 0.492. The van der Waals surface area contributed by atoms with Gasteiger partial charge in [-0.15, -0.1) is 0 Å². The highest BCUT2D eigenvalue weighted by Gasteiger charge is 2.05. The van der Waals surface area contributed by atoms with E-state index in [2.05, 4.69) is 6.92 Å². The van der Waals surface area contributed by atoms with Crippen molar-refractivity contribution >= 4 is 17.4 Å². The van der Waals surface area contributed by atoms with E-state index in [-0.39, 0.29) is 0 Å². The number of hydrogen-bond donors (Lipinski definition) is 0. The van der Waals surface area contributed by atoms with Crippen LogP contribution in [0.1, 0.15) is 12.5 Å². The van der Waals surface area contributed by atoms with Crippen molar-refractivity contribution in [2.24, 2.45) is 0 Å². The maximum Gasteiger partial charge on any atom is 0.264 e. The molecule has 0 aromatic heterocycles. The zero-order chi connectivity index (χ0) is 10.6. The largest absolute Gasteiger partial charge is 0.432 e. The van der Waals surface area contributed by atoms with Crippen LogP contribution in [0.5, 0.6) is 5.75 Å². The number of thiocarbonyl (C=S) groups is 1. The second-order valence-electron chi connectivity index (χ2n) is 3.22. The first kappa shape index (κ1) is 11.0. The highest BCUT2D eigenvalue weighted by atomic mass is 32.1. The molecule has 0 aliphatic carbocycles. The molecular formula is C11H15NOS. The molecule has 0 atom stereocenters. The molecule has 0 fully saturated rings. The van der Waals surface area contributed by atoms with Crippen LogP contribution in [0.15, 0.2) is 24.3 Å². The molecule has 1 rings (SSSR count). The van der Waals surface area contributed by atoms with Crippen LogP contribution in [0, 0.1) is 0 Å². The fourth-order valence-electron chi connectivity index (χ4n) is 1.08. The van der Waals surface area contributed by atoms with Crippen molar-refractivity contribution < 1.29 is 4.74 Å². The molecule has 0 aliphatic rings. The Morgan fingerprint density at radius 2 is 2.00 bits per heavy atom. The quantitative estimate of drug-likeness (QED) is 0.694. The summed E-state index contributed by atoms with van der Waals surface area (Å²) in [6.45, 7) is 2.10. The molecule has 76 valence electrons. The summed E-state index contributed by atoms with van der Waals surface area (Å²) in [5.41, 5.74) is 1.18. The van der Waals surface area contributed by atoms with Crippen LogP contribution < -0.4 is 4.74 Å². The van der Waals surface area contributed by atoms with Gasteiger partial charge in [-0.1, -0.05) is 25.1 Å². The van der Waals surface area contributed by atoms with Gasteiger partial charge in [0.1, 0.15) is 5.75 Å². The summed E-state index contributed by atoms with van der Waals surface area (Å²) in [7, 11) is 3.74. The van der Waals surface area contributed by atoms with Crippen molar-refractivity contribution in [1.29, 1.82) is 0 Å². The monoisotopic (exact) mass is 209 g/mol. The molecule has 0 bridgehead atoms. The summed E-state index contributed by atoms with van der Waals surface area (Å²) >= 11 is 5.07. The second-order valence-corrected chi connectivity index (χ2v) is 3.57. The van der Waals surface area contributed by atoms with Gasteiger partial charge in [0.2, 0.25) is 0 Å². The van der Waals surface area contributed by atoms with E-state index in [1.165, 1.54) is 5.56 Å². The van der Waals surface area contributed by atoms with Crippen molar-refractivity contribution in [3.63, 3.8) is 0 Å². The summed E-state index contributed by atoms with van der Waals surface area (Å²) in [6, 6.07) is 7.94. The van der Waals surface area contributed by atoms with Crippen molar-refractivity contribution in [2.45, 2.75) is 13.3 Å². The number of hydrogen-bond acceptors (Lipinski definition) is 2. The van der Waals surface area contributed by atoms with Crippen molar-refractivity contribution in [3.05, 3.63) is 29.8 Å². The molecule has 0 saturated carbocycles. The van der Waals surface area contributed by atoms with Gasteiger partial charge in [-0.3, -0.25) is 0 Å². The van der Waals surface area contributed by atoms with Gasteiger partial charge in [0.05, 0.1) is 0 Å². The fraction of sp³-hybridized carbons (Fsp3) is 0.364. The molecule has 0 radical (unpaired) electrons. The lowest BCUT2D eigenvalue weighted by Gasteiger charge is -2.15. The van der Waals surface area contributed by atoms with E-state index in [1.54, 1.807) is 4.90 Å². The van der Waals surface area contributed by atoms with Crippen molar-refractivity contribution in [1.82, 2.24) is 4.90 Å². The Morgan fingerprint density at radius 1 is 1.36 bits per heavy atom. The Bertz CT molecular complexity index is 323. The summed E-state index contributed by atoms with van der Waals surface area (Å²) < 4.78 is 5.56. The summed E-state index contributed by atoms with van der Waals surface area (Å²) in [5.74, 6) is 0.855. The van der Waals surface area contributed by atoms with E-state index >= 15 is 0 Å². The molecule has 0 aliphatic heterocycles. The maximum absolute atomic E-state index is 5.56. The predicted molar refractivity (Wildman–Crippen MR) is 62.7 cm³/mol. The molecular weight excluding hydrogens is 194 g/mol. The number of ether oxygens (including phenoxy) is 1. The first-order valence-corrected chi connectivity index (χ1v) is 5.03. The number of para-hydroxylation sites is 1. The molecule has 3 heteroatoms. The zero-order valence-corrected chi connectivity index (χ0v) is 9.60. The van der Waals surface area contributed by atoms with Gasteiger partial charge in [-0.2, -0.15) is 0 Å². The third-order valence-corrected chi connectivity index (χ3v) is 2.36. The van der Waals surface area contributed by atoms with E-state index in [1.807, 2.05) is 38.4 Å². The minimum absolute atomic E-state index is 0.492. The smallest absolute Gasteiger partial charge is 0.264 e. The third-order valence-electron chi connectivity index (χ3n) is 1.92. The SMILES string of the molecule is CCc1ccccc1OC(=S)N(C)C. The number of nitrogens with zero attached hydrogens (tertiary/aromatic N) is 1. The van der Waals surface area contributed by atoms with Crippen LogP contribution in [-0.4, -0.2) is 24.2 Å². The minimum Gasteiger partial charge on any atom is -0.432 e. The normalized spacial score (nSPS) is 9.64. The van der Waals surface area contributed by atoms with Gasteiger partial charge in [0, 0.05) is 14.1 Å². The standard InChI is InChI=1S/C11H15NOS/c1-4-9-7-5-6-8-10(9)13-11(14)12(2)3/h5-8H,4H2,1-3H3. The van der Waals surface area contributed by atoms with Gasteiger partial charge in [0.15, 0.2) is 0 Å². The molecule has 2 nitrogen and oxygen atoms in total. The Labute approximate surface area is 90.5 Å². The van der Waals surface area contributed by atoms with Gasteiger partial charge < -0.3 is 9.64 Å². The molecule has 1 aromatic carbocycles. The lowest BCUT2D eigenvalue weighted by Crippen LogP contribution is -2.25. The van der Waals surface area contributed by atoms with E-state index < -0.39 is 0 Å². The molecule has 0 heterocycles. The average molecular weight is 209 g/mol. The first-order chi connectivity index (χ1) is 6.65. The number of benzene rings is 1. The molecule has 14 heavy (non-hydrogen) atoms. The highest BCUT2D eigenvalue weighted by molar-refractivity contribution is 7.80. The summed E-state index contributed by atoms with van der Waals surface area (Å²) in [6.07, 6.45) is 0.951. The Kier molecular flexibility index (Phi) is 3.89. The Morgan fingerprint density at radius 3 is 2.57 bits per heavy atom. The number of aryl methyl sites for hydroxylation is 1. The molecule has 0 N–H and O–H groups in total. The Hall–Kier alpha value is -1.09. The van der Waals surface area contributed by atoms with E-state index in [0.717, 1.165) is 12.2 Å². The molecule has 1 aromatic rings. The molecule has 0 saturated heterocycles. The number of rotatable bonds is 2. The average Bonchev–Trinajstić information content (AvgIpc) is 2.18. The van der Waals surface area contributed by atoms with Crippen LogP contribution in [0.3, 0.4) is 0 Å². The molecule has 0 amide bonds. The summed E-state index contributed by atoms with van der Waals surface area (Å²) in [5, 5.41) is 0.492.